The van der Waals surface area contributed by atoms with Crippen molar-refractivity contribution < 1.29 is 4.74 Å². The molecule has 0 saturated carbocycles. The Morgan fingerprint density at radius 1 is 1.32 bits per heavy atom. The van der Waals surface area contributed by atoms with Gasteiger partial charge in [-0.3, -0.25) is 4.90 Å². The van der Waals surface area contributed by atoms with Gasteiger partial charge in [-0.25, -0.2) is 0 Å². The highest BCUT2D eigenvalue weighted by Gasteiger charge is 2.38. The molecular weight excluding hydrogens is 236 g/mol. The van der Waals surface area contributed by atoms with E-state index in [1.807, 2.05) is 7.11 Å². The minimum absolute atomic E-state index is 0.00512. The summed E-state index contributed by atoms with van der Waals surface area (Å²) in [5, 5.41) is 3.61. The van der Waals surface area contributed by atoms with Gasteiger partial charge in [0, 0.05) is 26.2 Å². The molecule has 0 aromatic carbocycles. The topological polar surface area (TPSA) is 24.5 Å². The van der Waals surface area contributed by atoms with Crippen LogP contribution in [0.4, 0.5) is 0 Å². The molecule has 0 aliphatic carbocycles. The van der Waals surface area contributed by atoms with Crippen LogP contribution < -0.4 is 5.32 Å². The van der Waals surface area contributed by atoms with Crippen LogP contribution in [0, 0.1) is 5.41 Å². The smallest absolute Gasteiger partial charge is 0.0637 e. The molecule has 0 radical (unpaired) electrons. The van der Waals surface area contributed by atoms with Crippen molar-refractivity contribution in [3.63, 3.8) is 0 Å². The maximum Gasteiger partial charge on any atom is 0.0637 e. The van der Waals surface area contributed by atoms with E-state index in [0.717, 1.165) is 6.42 Å². The number of nitrogens with zero attached hydrogens (tertiary/aromatic N) is 1. The maximum absolute atomic E-state index is 5.60. The van der Waals surface area contributed by atoms with E-state index in [1.165, 1.54) is 51.9 Å². The van der Waals surface area contributed by atoms with Crippen molar-refractivity contribution in [1.82, 2.24) is 10.2 Å². The lowest BCUT2D eigenvalue weighted by Gasteiger charge is -2.48. The second-order valence-electron chi connectivity index (χ2n) is 7.37. The third-order valence-electron chi connectivity index (χ3n) is 5.21. The summed E-state index contributed by atoms with van der Waals surface area (Å²) in [6.07, 6.45) is 6.66. The van der Waals surface area contributed by atoms with Crippen LogP contribution in [-0.4, -0.2) is 49.8 Å². The number of hydrogen-bond donors (Lipinski definition) is 1. The summed E-state index contributed by atoms with van der Waals surface area (Å²) in [6, 6.07) is 0.619. The van der Waals surface area contributed by atoms with Crippen LogP contribution >= 0.6 is 0 Å². The zero-order valence-electron chi connectivity index (χ0n) is 13.3. The Morgan fingerprint density at radius 2 is 2.05 bits per heavy atom. The first-order chi connectivity index (χ1) is 8.96. The first kappa shape index (κ1) is 15.3. The van der Waals surface area contributed by atoms with Crippen LogP contribution in [0.3, 0.4) is 0 Å². The van der Waals surface area contributed by atoms with Crippen LogP contribution in [-0.2, 0) is 4.74 Å². The molecular formula is C16H32N2O. The summed E-state index contributed by atoms with van der Waals surface area (Å²) in [7, 11) is 1.83. The second-order valence-corrected chi connectivity index (χ2v) is 7.37. The van der Waals surface area contributed by atoms with Crippen molar-refractivity contribution in [2.24, 2.45) is 5.41 Å². The fraction of sp³-hybridized carbons (Fsp3) is 1.00. The highest BCUT2D eigenvalue weighted by atomic mass is 16.5. The number of likely N-dealkylation sites (tertiary alicyclic amines) is 1. The number of nitrogens with one attached hydrogen (secondary N) is 1. The Labute approximate surface area is 119 Å². The van der Waals surface area contributed by atoms with E-state index in [2.05, 4.69) is 31.0 Å². The number of methoxy groups -OCH3 is 1. The Hall–Kier alpha value is -0.120. The zero-order chi connectivity index (χ0) is 13.9. The van der Waals surface area contributed by atoms with E-state index in [-0.39, 0.29) is 5.60 Å². The molecule has 2 rings (SSSR count). The zero-order valence-corrected chi connectivity index (χ0v) is 13.3. The van der Waals surface area contributed by atoms with Crippen molar-refractivity contribution in [3.05, 3.63) is 0 Å². The van der Waals surface area contributed by atoms with Crippen molar-refractivity contribution >= 4 is 0 Å². The third-order valence-corrected chi connectivity index (χ3v) is 5.21. The van der Waals surface area contributed by atoms with Crippen LogP contribution in [0.5, 0.6) is 0 Å². The molecule has 0 aromatic rings. The summed E-state index contributed by atoms with van der Waals surface area (Å²) >= 11 is 0. The third kappa shape index (κ3) is 3.93. The Balaban J connectivity index is 1.93. The lowest BCUT2D eigenvalue weighted by molar-refractivity contribution is -0.0241. The van der Waals surface area contributed by atoms with E-state index in [0.29, 0.717) is 11.5 Å². The first-order valence-electron chi connectivity index (χ1n) is 7.96. The minimum Gasteiger partial charge on any atom is -0.379 e. The summed E-state index contributed by atoms with van der Waals surface area (Å²) < 4.78 is 5.60. The van der Waals surface area contributed by atoms with Crippen LogP contribution in [0.15, 0.2) is 0 Å². The largest absolute Gasteiger partial charge is 0.379 e. The van der Waals surface area contributed by atoms with Gasteiger partial charge in [-0.1, -0.05) is 0 Å². The van der Waals surface area contributed by atoms with Crippen LogP contribution in [0.1, 0.15) is 52.9 Å². The van der Waals surface area contributed by atoms with Gasteiger partial charge in [-0.05, 0) is 71.4 Å². The molecule has 0 amide bonds. The fourth-order valence-corrected chi connectivity index (χ4v) is 3.92. The molecule has 2 saturated heterocycles. The van der Waals surface area contributed by atoms with Crippen LogP contribution in [0.2, 0.25) is 0 Å². The molecule has 2 heterocycles. The lowest BCUT2D eigenvalue weighted by atomic mass is 9.74. The number of ether oxygens (including phenoxy) is 1. The summed E-state index contributed by atoms with van der Waals surface area (Å²) in [5.41, 5.74) is 0.552. The fourth-order valence-electron chi connectivity index (χ4n) is 3.92. The van der Waals surface area contributed by atoms with Gasteiger partial charge < -0.3 is 10.1 Å². The summed E-state index contributed by atoms with van der Waals surface area (Å²) in [6.45, 7) is 11.8. The van der Waals surface area contributed by atoms with Crippen molar-refractivity contribution in [3.8, 4) is 0 Å². The molecule has 3 nitrogen and oxygen atoms in total. The highest BCUT2D eigenvalue weighted by Crippen LogP contribution is 2.37. The lowest BCUT2D eigenvalue weighted by Crippen LogP contribution is -2.54. The van der Waals surface area contributed by atoms with E-state index >= 15 is 0 Å². The van der Waals surface area contributed by atoms with Gasteiger partial charge in [-0.2, -0.15) is 0 Å². The van der Waals surface area contributed by atoms with Gasteiger partial charge in [0.15, 0.2) is 0 Å². The molecule has 2 aliphatic rings. The Kier molecular flexibility index (Phi) is 4.91. The SMILES string of the molecule is COC(C)(C)CC(C)N1CCCC2(CCCNC2)C1. The van der Waals surface area contributed by atoms with E-state index < -0.39 is 0 Å². The van der Waals surface area contributed by atoms with Gasteiger partial charge in [0.05, 0.1) is 5.60 Å². The second kappa shape index (κ2) is 6.11. The molecule has 2 atom stereocenters. The van der Waals surface area contributed by atoms with Crippen molar-refractivity contribution in [2.75, 3.05) is 33.3 Å². The molecule has 1 N–H and O–H groups in total. The summed E-state index contributed by atoms with van der Waals surface area (Å²) in [5.74, 6) is 0. The van der Waals surface area contributed by atoms with Crippen molar-refractivity contribution in [2.45, 2.75) is 64.5 Å². The van der Waals surface area contributed by atoms with Gasteiger partial charge in [0.25, 0.3) is 0 Å². The molecule has 2 aliphatic heterocycles. The summed E-state index contributed by atoms with van der Waals surface area (Å²) in [4.78, 5) is 2.71. The average molecular weight is 268 g/mol. The number of hydrogen-bond acceptors (Lipinski definition) is 3. The molecule has 19 heavy (non-hydrogen) atoms. The minimum atomic E-state index is -0.00512. The molecule has 3 heteroatoms. The highest BCUT2D eigenvalue weighted by molar-refractivity contribution is 4.93. The van der Waals surface area contributed by atoms with Gasteiger partial charge in [0.2, 0.25) is 0 Å². The molecule has 0 bridgehead atoms. The average Bonchev–Trinajstić information content (AvgIpc) is 2.39. The molecule has 112 valence electrons. The quantitative estimate of drug-likeness (QED) is 0.848. The first-order valence-corrected chi connectivity index (χ1v) is 7.96. The van der Waals surface area contributed by atoms with E-state index in [1.54, 1.807) is 0 Å². The Morgan fingerprint density at radius 3 is 2.68 bits per heavy atom. The molecule has 2 fully saturated rings. The van der Waals surface area contributed by atoms with E-state index in [9.17, 15) is 0 Å². The predicted molar refractivity (Wildman–Crippen MR) is 80.5 cm³/mol. The molecule has 2 unspecified atom stereocenters. The van der Waals surface area contributed by atoms with Crippen LogP contribution in [0.25, 0.3) is 0 Å². The number of rotatable bonds is 4. The van der Waals surface area contributed by atoms with Gasteiger partial charge in [-0.15, -0.1) is 0 Å². The predicted octanol–water partition coefficient (Wildman–Crippen LogP) is 2.66. The van der Waals surface area contributed by atoms with E-state index in [4.69, 9.17) is 4.74 Å². The van der Waals surface area contributed by atoms with Gasteiger partial charge in [0.1, 0.15) is 0 Å². The monoisotopic (exact) mass is 268 g/mol. The molecule has 1 spiro atoms. The standard InChI is InChI=1S/C16H32N2O/c1-14(11-15(2,3)19-4)18-10-6-8-16(13-18)7-5-9-17-12-16/h14,17H,5-13H2,1-4H3. The normalized spacial score (nSPS) is 31.6. The Bertz CT molecular complexity index is 279. The van der Waals surface area contributed by atoms with Gasteiger partial charge >= 0.3 is 0 Å². The maximum atomic E-state index is 5.60. The van der Waals surface area contributed by atoms with Crippen molar-refractivity contribution in [1.29, 1.82) is 0 Å². The molecule has 0 aromatic heterocycles. The number of piperidine rings is 2.